The highest BCUT2D eigenvalue weighted by Gasteiger charge is 2.42. The molecule has 388 valence electrons. The molecule has 0 bridgehead atoms. The Morgan fingerprint density at radius 1 is 0.857 bits per heavy atom. The van der Waals surface area contributed by atoms with Crippen molar-refractivity contribution in [1.29, 1.82) is 0 Å². The molecule has 3 rings (SSSR count). The highest BCUT2D eigenvalue weighted by atomic mass is 16.4. The standard InChI is InChI=1S/C47H75N13O10/c1-9-27(5)38(43(66)55-33(22-30-23-51-25-53-30)44(67)60-20-12-14-34(60)41(64)58-39(46(69)70)28(6)10-2)57-42(65)35(21-29-15-17-31(61)18-16-29)59(8)45(68)37(26(3)4)56-40(63)32(54-36(62)24-50-7)13-11-19-52-47(48)49/h15-18,23,25-28,32-35,37-39,50,61H,9-14,19-22,24H2,1-8H3,(H,51,53)(H,54,62)(H,55,66)(H,56,63)(H,57,65)(H,58,64)(H,69,70)(H4,48,49,52)/t27-,28-,32-,33-,34-,35-,37-,38-,39-/m0/s1. The number of nitrogens with two attached hydrogens (primary N) is 2. The second-order valence-electron chi connectivity index (χ2n) is 18.3. The number of aliphatic imine (C=N–C) groups is 1. The van der Waals surface area contributed by atoms with Crippen LogP contribution in [0.1, 0.15) is 91.3 Å². The second kappa shape index (κ2) is 28.0. The molecule has 1 aliphatic heterocycles. The quantitative estimate of drug-likeness (QED) is 0.0284. The number of nitrogens with zero attached hydrogens (tertiary/aromatic N) is 4. The first-order valence-electron chi connectivity index (χ1n) is 23.9. The number of aromatic hydroxyl groups is 1. The third kappa shape index (κ3) is 17.0. The number of benzene rings is 1. The fourth-order valence-corrected chi connectivity index (χ4v) is 8.04. The van der Waals surface area contributed by atoms with Gasteiger partial charge in [-0.15, -0.1) is 0 Å². The van der Waals surface area contributed by atoms with Gasteiger partial charge in [-0.05, 0) is 68.2 Å². The molecular formula is C47H75N13O10. The van der Waals surface area contributed by atoms with Gasteiger partial charge in [0, 0.05) is 44.9 Å². The Balaban J connectivity index is 1.96. The average Bonchev–Trinajstić information content (AvgIpc) is 4.04. The van der Waals surface area contributed by atoms with Crippen LogP contribution in [0.3, 0.4) is 0 Å². The predicted octanol–water partition coefficient (Wildman–Crippen LogP) is -0.752. The number of likely N-dealkylation sites (N-methyl/N-ethyl adjacent to an activating group) is 2. The van der Waals surface area contributed by atoms with Crippen molar-refractivity contribution in [1.82, 2.24) is 51.7 Å². The van der Waals surface area contributed by atoms with Crippen molar-refractivity contribution >= 4 is 53.3 Å². The van der Waals surface area contributed by atoms with Crippen LogP contribution in [0.2, 0.25) is 0 Å². The highest BCUT2D eigenvalue weighted by Crippen LogP contribution is 2.22. The molecule has 23 heteroatoms. The van der Waals surface area contributed by atoms with Gasteiger partial charge in [-0.25, -0.2) is 9.78 Å². The number of carboxylic acids is 1. The lowest BCUT2D eigenvalue weighted by Crippen LogP contribution is -2.62. The predicted molar refractivity (Wildman–Crippen MR) is 260 cm³/mol. The molecular weight excluding hydrogens is 907 g/mol. The van der Waals surface area contributed by atoms with E-state index in [0.29, 0.717) is 36.9 Å². The maximum absolute atomic E-state index is 14.7. The van der Waals surface area contributed by atoms with Gasteiger partial charge in [0.1, 0.15) is 48.0 Å². The van der Waals surface area contributed by atoms with Crippen LogP contribution in [-0.4, -0.2) is 159 Å². The SMILES string of the molecule is CC[C@H](C)[C@H](NC(=O)[C@@H]1CCCN1C(=O)[C@H](Cc1cnc[nH]1)NC(=O)[C@@H](NC(=O)[C@H](Cc1ccc(O)cc1)N(C)C(=O)[C@@H](NC(=O)[C@H](CCCN=C(N)N)NC(=O)CNC)C(C)C)[C@@H](C)CC)C(=O)O. The molecule has 13 N–H and O–H groups in total. The molecule has 1 aromatic heterocycles. The monoisotopic (exact) mass is 982 g/mol. The highest BCUT2D eigenvalue weighted by molar-refractivity contribution is 5.98. The largest absolute Gasteiger partial charge is 0.508 e. The van der Waals surface area contributed by atoms with E-state index in [2.05, 4.69) is 46.9 Å². The molecule has 70 heavy (non-hydrogen) atoms. The van der Waals surface area contributed by atoms with Gasteiger partial charge in [-0.1, -0.05) is 66.5 Å². The zero-order valence-electron chi connectivity index (χ0n) is 41.6. The zero-order chi connectivity index (χ0) is 52.2. The van der Waals surface area contributed by atoms with Crippen LogP contribution in [0, 0.1) is 17.8 Å². The van der Waals surface area contributed by atoms with Gasteiger partial charge in [-0.2, -0.15) is 0 Å². The number of guanidine groups is 1. The molecule has 2 aromatic rings. The molecule has 0 unspecified atom stereocenters. The average molecular weight is 982 g/mol. The molecule has 7 amide bonds. The van der Waals surface area contributed by atoms with Crippen LogP contribution in [0.25, 0.3) is 0 Å². The number of hydrogen-bond donors (Lipinski definition) is 11. The summed E-state index contributed by atoms with van der Waals surface area (Å²) in [6.07, 6.45) is 4.79. The summed E-state index contributed by atoms with van der Waals surface area (Å²) < 4.78 is 0. The molecule has 2 heterocycles. The molecule has 23 nitrogen and oxygen atoms in total. The number of amides is 7. The van der Waals surface area contributed by atoms with E-state index in [9.17, 15) is 48.6 Å². The lowest BCUT2D eigenvalue weighted by molar-refractivity contribution is -0.146. The molecule has 1 aromatic carbocycles. The van der Waals surface area contributed by atoms with Crippen LogP contribution in [0.15, 0.2) is 41.8 Å². The molecule has 1 saturated heterocycles. The number of phenolic OH excluding ortho intramolecular Hbond substituents is 1. The van der Waals surface area contributed by atoms with Crippen molar-refractivity contribution in [3.05, 3.63) is 48.0 Å². The minimum Gasteiger partial charge on any atom is -0.508 e. The van der Waals surface area contributed by atoms with E-state index >= 15 is 0 Å². The smallest absolute Gasteiger partial charge is 0.326 e. The number of imidazole rings is 1. The Morgan fingerprint density at radius 2 is 1.50 bits per heavy atom. The molecule has 1 fully saturated rings. The number of aromatic nitrogens is 2. The molecule has 0 spiro atoms. The van der Waals surface area contributed by atoms with Crippen molar-refractivity contribution in [3.8, 4) is 5.75 Å². The van der Waals surface area contributed by atoms with Crippen molar-refractivity contribution in [2.24, 2.45) is 34.2 Å². The van der Waals surface area contributed by atoms with Crippen LogP contribution < -0.4 is 43.4 Å². The van der Waals surface area contributed by atoms with Gasteiger partial charge in [-0.3, -0.25) is 38.6 Å². The lowest BCUT2D eigenvalue weighted by atomic mass is 9.95. The van der Waals surface area contributed by atoms with Crippen LogP contribution in [0.5, 0.6) is 5.75 Å². The van der Waals surface area contributed by atoms with E-state index in [0.717, 1.165) is 0 Å². The lowest BCUT2D eigenvalue weighted by Gasteiger charge is -2.35. The van der Waals surface area contributed by atoms with E-state index in [1.807, 2.05) is 13.8 Å². The number of carbonyl (C=O) groups excluding carboxylic acids is 7. The number of phenols is 1. The van der Waals surface area contributed by atoms with E-state index in [4.69, 9.17) is 11.5 Å². The van der Waals surface area contributed by atoms with E-state index in [1.165, 1.54) is 41.5 Å². The Kier molecular flexibility index (Phi) is 23.0. The molecule has 1 aliphatic rings. The van der Waals surface area contributed by atoms with Crippen molar-refractivity contribution in [2.75, 3.05) is 33.7 Å². The molecule has 0 saturated carbocycles. The summed E-state index contributed by atoms with van der Waals surface area (Å²) >= 11 is 0. The summed E-state index contributed by atoms with van der Waals surface area (Å²) in [5, 5.41) is 36.4. The molecule has 9 atom stereocenters. The van der Waals surface area contributed by atoms with Gasteiger partial charge >= 0.3 is 5.97 Å². The van der Waals surface area contributed by atoms with Gasteiger partial charge in [0.05, 0.1) is 12.9 Å². The van der Waals surface area contributed by atoms with Crippen LogP contribution >= 0.6 is 0 Å². The Morgan fingerprint density at radius 3 is 2.07 bits per heavy atom. The summed E-state index contributed by atoms with van der Waals surface area (Å²) in [7, 11) is 2.97. The second-order valence-corrected chi connectivity index (χ2v) is 18.3. The minimum atomic E-state index is -1.29. The first kappa shape index (κ1) is 57.5. The Bertz CT molecular complexity index is 2100. The first-order chi connectivity index (χ1) is 33.1. The molecule has 0 radical (unpaired) electrons. The van der Waals surface area contributed by atoms with Crippen molar-refractivity contribution in [3.63, 3.8) is 0 Å². The van der Waals surface area contributed by atoms with Crippen molar-refractivity contribution < 1.29 is 48.6 Å². The third-order valence-corrected chi connectivity index (χ3v) is 12.7. The number of H-pyrrole nitrogens is 1. The normalized spacial score (nSPS) is 16.8. The Hall–Kier alpha value is -6.78. The van der Waals surface area contributed by atoms with Crippen molar-refractivity contribution in [2.45, 2.75) is 135 Å². The maximum Gasteiger partial charge on any atom is 0.326 e. The van der Waals surface area contributed by atoms with Crippen LogP contribution in [-0.2, 0) is 51.2 Å². The minimum absolute atomic E-state index is 0.0319. The fraction of sp³-hybridized carbons (Fsp3) is 0.617. The van der Waals surface area contributed by atoms with Crippen LogP contribution in [0.4, 0.5) is 0 Å². The van der Waals surface area contributed by atoms with Gasteiger partial charge in [0.15, 0.2) is 5.96 Å². The number of rotatable bonds is 28. The Labute approximate surface area is 409 Å². The number of nitrogens with one attached hydrogen (secondary N) is 7. The summed E-state index contributed by atoms with van der Waals surface area (Å²) in [4.78, 5) is 124. The van der Waals surface area contributed by atoms with E-state index in [-0.39, 0.29) is 62.9 Å². The number of hydrogen-bond acceptors (Lipinski definition) is 12. The zero-order valence-corrected chi connectivity index (χ0v) is 41.6. The third-order valence-electron chi connectivity index (χ3n) is 12.7. The van der Waals surface area contributed by atoms with E-state index < -0.39 is 101 Å². The topological polar surface area (TPSA) is 349 Å². The first-order valence-corrected chi connectivity index (χ1v) is 23.9. The van der Waals surface area contributed by atoms with Gasteiger partial charge in [0.2, 0.25) is 41.4 Å². The summed E-state index contributed by atoms with van der Waals surface area (Å²) in [5.74, 6) is -7.24. The van der Waals surface area contributed by atoms with Gasteiger partial charge < -0.3 is 68.4 Å². The number of carbonyl (C=O) groups is 8. The fourth-order valence-electron chi connectivity index (χ4n) is 8.04. The number of aliphatic carboxylic acids is 1. The number of aromatic amines is 1. The summed E-state index contributed by atoms with van der Waals surface area (Å²) in [5.41, 5.74) is 12.0. The molecule has 0 aliphatic carbocycles. The van der Waals surface area contributed by atoms with E-state index in [1.54, 1.807) is 46.9 Å². The maximum atomic E-state index is 14.7. The summed E-state index contributed by atoms with van der Waals surface area (Å²) in [6.45, 7) is 10.8. The van der Waals surface area contributed by atoms with Gasteiger partial charge in [0.25, 0.3) is 0 Å². The summed E-state index contributed by atoms with van der Waals surface area (Å²) in [6, 6.07) is -2.24. The number of carboxylic acid groups (broad SMARTS) is 1. The number of likely N-dealkylation sites (tertiary alicyclic amines) is 1.